The van der Waals surface area contributed by atoms with Crippen LogP contribution in [-0.4, -0.2) is 41.2 Å². The van der Waals surface area contributed by atoms with Crippen molar-refractivity contribution in [3.63, 3.8) is 0 Å². The second-order valence-electron chi connectivity index (χ2n) is 8.31. The van der Waals surface area contributed by atoms with Crippen LogP contribution in [0.4, 0.5) is 11.4 Å². The van der Waals surface area contributed by atoms with Gasteiger partial charge in [0.1, 0.15) is 11.4 Å². The van der Waals surface area contributed by atoms with Crippen LogP contribution in [0.5, 0.6) is 0 Å². The molecule has 0 bridgehead atoms. The number of anilines is 2. The summed E-state index contributed by atoms with van der Waals surface area (Å²) in [5.74, 6) is -0.121. The topological polar surface area (TPSA) is 108 Å². The number of pyridine rings is 1. The van der Waals surface area contributed by atoms with E-state index in [2.05, 4.69) is 15.6 Å². The van der Waals surface area contributed by atoms with E-state index in [0.29, 0.717) is 42.0 Å². The highest BCUT2D eigenvalue weighted by atomic mass is 16.5. The maximum atomic E-state index is 13.1. The van der Waals surface area contributed by atoms with Crippen molar-refractivity contribution < 1.29 is 23.5 Å². The largest absolute Gasteiger partial charge is 0.467 e. The van der Waals surface area contributed by atoms with Crippen molar-refractivity contribution in [2.45, 2.75) is 32.0 Å². The summed E-state index contributed by atoms with van der Waals surface area (Å²) in [6, 6.07) is 14.4. The third-order valence-electron chi connectivity index (χ3n) is 6.01. The number of fused-ring (bicyclic) bond motifs is 1. The van der Waals surface area contributed by atoms with Crippen molar-refractivity contribution in [1.29, 1.82) is 0 Å². The molecule has 4 aromatic rings. The van der Waals surface area contributed by atoms with Crippen molar-refractivity contribution in [2.75, 3.05) is 24.4 Å². The number of aromatic nitrogens is 2. The number of furan rings is 1. The number of esters is 1. The molecule has 9 heteroatoms. The summed E-state index contributed by atoms with van der Waals surface area (Å²) in [6.45, 7) is 1.57. The summed E-state index contributed by atoms with van der Waals surface area (Å²) in [5.41, 5.74) is 2.34. The lowest BCUT2D eigenvalue weighted by Gasteiger charge is -2.14. The van der Waals surface area contributed by atoms with Crippen LogP contribution < -0.4 is 10.6 Å². The van der Waals surface area contributed by atoms with Gasteiger partial charge in [-0.3, -0.25) is 4.79 Å². The number of amides is 1. The van der Waals surface area contributed by atoms with Crippen molar-refractivity contribution in [3.05, 3.63) is 78.0 Å². The fraction of sp³-hybridized carbons (Fsp3) is 0.269. The third-order valence-corrected chi connectivity index (χ3v) is 6.01. The quantitative estimate of drug-likeness (QED) is 0.363. The first-order chi connectivity index (χ1) is 17.1. The van der Waals surface area contributed by atoms with E-state index in [1.165, 1.54) is 7.11 Å². The minimum atomic E-state index is -0.561. The van der Waals surface area contributed by atoms with E-state index in [9.17, 15) is 9.59 Å². The van der Waals surface area contributed by atoms with Gasteiger partial charge in [0, 0.05) is 17.6 Å². The molecule has 35 heavy (non-hydrogen) atoms. The normalized spacial score (nSPS) is 15.3. The van der Waals surface area contributed by atoms with Crippen molar-refractivity contribution in [1.82, 2.24) is 9.55 Å². The third kappa shape index (κ3) is 4.76. The lowest BCUT2D eigenvalue weighted by Crippen LogP contribution is -2.21. The molecule has 1 atom stereocenters. The van der Waals surface area contributed by atoms with Crippen LogP contribution in [0.15, 0.2) is 65.4 Å². The number of ether oxygens (including phenoxy) is 2. The zero-order valence-electron chi connectivity index (χ0n) is 19.3. The Morgan fingerprint density at radius 3 is 2.77 bits per heavy atom. The molecular formula is C26H26N4O5. The Hall–Kier alpha value is -4.11. The molecule has 0 radical (unpaired) electrons. The monoisotopic (exact) mass is 474 g/mol. The molecule has 1 fully saturated rings. The number of nitrogens with zero attached hydrogens (tertiary/aromatic N) is 2. The van der Waals surface area contributed by atoms with Crippen LogP contribution in [0, 0.1) is 0 Å². The first kappa shape index (κ1) is 22.7. The van der Waals surface area contributed by atoms with Crippen LogP contribution in [0.2, 0.25) is 0 Å². The number of carbonyl (C=O) groups excluding carboxylic acids is 2. The summed E-state index contributed by atoms with van der Waals surface area (Å²) in [6.07, 6.45) is 5.10. The molecule has 0 aliphatic carbocycles. The number of benzene rings is 1. The van der Waals surface area contributed by atoms with E-state index in [-0.39, 0.29) is 17.7 Å². The molecule has 2 N–H and O–H groups in total. The van der Waals surface area contributed by atoms with Crippen LogP contribution in [0.3, 0.4) is 0 Å². The van der Waals surface area contributed by atoms with Gasteiger partial charge >= 0.3 is 5.97 Å². The van der Waals surface area contributed by atoms with E-state index >= 15 is 0 Å². The number of carbonyl (C=O) groups is 2. The summed E-state index contributed by atoms with van der Waals surface area (Å²) < 4.78 is 18.1. The van der Waals surface area contributed by atoms with Gasteiger partial charge in [0.25, 0.3) is 5.91 Å². The highest BCUT2D eigenvalue weighted by Gasteiger charge is 2.29. The first-order valence-corrected chi connectivity index (χ1v) is 11.5. The maximum absolute atomic E-state index is 13.1. The number of rotatable bonds is 8. The van der Waals surface area contributed by atoms with Crippen LogP contribution in [0.25, 0.3) is 11.0 Å². The van der Waals surface area contributed by atoms with Crippen LogP contribution >= 0.6 is 0 Å². The standard InChI is InChI=1S/C26H26N4O5/c1-33-26(32)23-22(29-25(31)17-7-3-2-4-8-17)21-13-18(27-15-19-9-5-11-34-19)14-28-24(21)30(23)16-20-10-6-12-35-20/h2-5,7-9,11,13-14,20,27H,6,10,12,15-16H2,1H3,(H,29,31). The number of methoxy groups -OCH3 is 1. The van der Waals surface area contributed by atoms with Gasteiger partial charge in [-0.1, -0.05) is 18.2 Å². The number of nitrogens with one attached hydrogen (secondary N) is 2. The fourth-order valence-electron chi connectivity index (χ4n) is 4.30. The molecule has 5 rings (SSSR count). The van der Waals surface area contributed by atoms with E-state index in [1.807, 2.05) is 24.3 Å². The Labute approximate surface area is 202 Å². The number of hydrogen-bond acceptors (Lipinski definition) is 7. The second kappa shape index (κ2) is 10.0. The molecule has 0 spiro atoms. The predicted molar refractivity (Wildman–Crippen MR) is 130 cm³/mol. The van der Waals surface area contributed by atoms with Crippen LogP contribution in [0.1, 0.15) is 39.4 Å². The summed E-state index contributed by atoms with van der Waals surface area (Å²) >= 11 is 0. The highest BCUT2D eigenvalue weighted by Crippen LogP contribution is 2.34. The molecule has 1 aliphatic rings. The molecule has 3 aromatic heterocycles. The Balaban J connectivity index is 1.59. The minimum Gasteiger partial charge on any atom is -0.467 e. The van der Waals surface area contributed by atoms with E-state index in [0.717, 1.165) is 24.3 Å². The Bertz CT molecular complexity index is 1330. The molecule has 1 saturated heterocycles. The van der Waals surface area contributed by atoms with Gasteiger partial charge in [0.2, 0.25) is 0 Å². The Morgan fingerprint density at radius 1 is 1.20 bits per heavy atom. The van der Waals surface area contributed by atoms with Crippen molar-refractivity contribution >= 4 is 34.3 Å². The first-order valence-electron chi connectivity index (χ1n) is 11.5. The van der Waals surface area contributed by atoms with E-state index in [4.69, 9.17) is 13.9 Å². The molecule has 1 aromatic carbocycles. The van der Waals surface area contributed by atoms with E-state index < -0.39 is 5.97 Å². The summed E-state index contributed by atoms with van der Waals surface area (Å²) in [7, 11) is 1.32. The fourth-order valence-corrected chi connectivity index (χ4v) is 4.30. The minimum absolute atomic E-state index is 0.0507. The second-order valence-corrected chi connectivity index (χ2v) is 8.31. The molecule has 1 unspecified atom stereocenters. The molecule has 9 nitrogen and oxygen atoms in total. The molecular weight excluding hydrogens is 448 g/mol. The average molecular weight is 475 g/mol. The van der Waals surface area contributed by atoms with Gasteiger partial charge in [-0.15, -0.1) is 0 Å². The summed E-state index contributed by atoms with van der Waals surface area (Å²) in [4.78, 5) is 30.7. The number of hydrogen-bond donors (Lipinski definition) is 2. The van der Waals surface area contributed by atoms with Crippen molar-refractivity contribution in [2.24, 2.45) is 0 Å². The molecule has 4 heterocycles. The molecule has 1 amide bonds. The van der Waals surface area contributed by atoms with Crippen molar-refractivity contribution in [3.8, 4) is 0 Å². The maximum Gasteiger partial charge on any atom is 0.356 e. The van der Waals surface area contributed by atoms with Gasteiger partial charge in [-0.25, -0.2) is 9.78 Å². The van der Waals surface area contributed by atoms with Crippen LogP contribution in [-0.2, 0) is 22.6 Å². The van der Waals surface area contributed by atoms with Gasteiger partial charge in [0.15, 0.2) is 5.69 Å². The Morgan fingerprint density at radius 2 is 2.06 bits per heavy atom. The average Bonchev–Trinajstić information content (AvgIpc) is 3.65. The molecule has 0 saturated carbocycles. The SMILES string of the molecule is COC(=O)c1c(NC(=O)c2ccccc2)c2cc(NCc3ccco3)cnc2n1CC1CCCO1. The van der Waals surface area contributed by atoms with Gasteiger partial charge in [-0.2, -0.15) is 0 Å². The summed E-state index contributed by atoms with van der Waals surface area (Å²) in [5, 5.41) is 6.84. The predicted octanol–water partition coefficient (Wildman–Crippen LogP) is 4.46. The Kier molecular flexibility index (Phi) is 6.49. The van der Waals surface area contributed by atoms with E-state index in [1.54, 1.807) is 41.3 Å². The zero-order valence-corrected chi connectivity index (χ0v) is 19.3. The highest BCUT2D eigenvalue weighted by molar-refractivity contribution is 6.14. The lowest BCUT2D eigenvalue weighted by molar-refractivity contribution is 0.0580. The van der Waals surface area contributed by atoms with Gasteiger partial charge < -0.3 is 29.1 Å². The smallest absolute Gasteiger partial charge is 0.356 e. The van der Waals surface area contributed by atoms with Gasteiger partial charge in [-0.05, 0) is 43.2 Å². The molecule has 1 aliphatic heterocycles. The molecule has 180 valence electrons. The zero-order chi connectivity index (χ0) is 24.2. The lowest BCUT2D eigenvalue weighted by atomic mass is 10.2. The van der Waals surface area contributed by atoms with Gasteiger partial charge in [0.05, 0.1) is 50.1 Å².